The Morgan fingerprint density at radius 3 is 2.48 bits per heavy atom. The topological polar surface area (TPSA) is 24.1 Å². The molecule has 0 saturated carbocycles. The molecule has 0 bridgehead atoms. The molecule has 3 rings (SSSR count). The first-order valence-corrected chi connectivity index (χ1v) is 16.8. The second-order valence-electron chi connectivity index (χ2n) is 12.2. The van der Waals surface area contributed by atoms with E-state index >= 15 is 0 Å². The van der Waals surface area contributed by atoms with Gasteiger partial charge >= 0.3 is 0 Å². The normalized spacial score (nSPS) is 18.3. The van der Waals surface area contributed by atoms with E-state index in [1.807, 2.05) is 43.5 Å². The number of hydrogen-bond acceptors (Lipinski definition) is 3. The lowest BCUT2D eigenvalue weighted by molar-refractivity contribution is 0.528. The van der Waals surface area contributed by atoms with E-state index in [0.717, 1.165) is 17.7 Å². The van der Waals surface area contributed by atoms with Gasteiger partial charge < -0.3 is 10.6 Å². The van der Waals surface area contributed by atoms with Gasteiger partial charge in [0.15, 0.2) is 0 Å². The Kier molecular flexibility index (Phi) is 13.3. The molecule has 0 fully saturated rings. The van der Waals surface area contributed by atoms with Crippen molar-refractivity contribution in [3.63, 3.8) is 0 Å². The molecule has 0 spiro atoms. The first kappa shape index (κ1) is 33.5. The zero-order valence-corrected chi connectivity index (χ0v) is 27.9. The summed E-state index contributed by atoms with van der Waals surface area (Å²) in [5.41, 5.74) is 9.08. The van der Waals surface area contributed by atoms with Crippen LogP contribution < -0.4 is 16.1 Å². The Morgan fingerprint density at radius 2 is 1.83 bits per heavy atom. The lowest BCUT2D eigenvalue weighted by Crippen LogP contribution is -2.35. The van der Waals surface area contributed by atoms with Crippen molar-refractivity contribution < 1.29 is 0 Å². The molecule has 2 nitrogen and oxygen atoms in total. The van der Waals surface area contributed by atoms with Crippen LogP contribution in [0.25, 0.3) is 10.1 Å². The van der Waals surface area contributed by atoms with Gasteiger partial charge in [0, 0.05) is 17.8 Å². The third kappa shape index (κ3) is 8.77. The Hall–Kier alpha value is -2.98. The molecule has 1 aromatic heterocycles. The number of unbranched alkanes of at least 4 members (excludes halogenated alkanes) is 1. The molecule has 0 saturated heterocycles. The monoisotopic (exact) mass is 580 g/mol. The lowest BCUT2D eigenvalue weighted by Gasteiger charge is -2.28. The summed E-state index contributed by atoms with van der Waals surface area (Å²) in [6, 6.07) is 5.00. The van der Waals surface area contributed by atoms with E-state index in [1.54, 1.807) is 5.56 Å². The minimum absolute atomic E-state index is 0.115. The molecule has 3 unspecified atom stereocenters. The Morgan fingerprint density at radius 1 is 1.12 bits per heavy atom. The predicted molar refractivity (Wildman–Crippen MR) is 192 cm³/mol. The second-order valence-corrected chi connectivity index (χ2v) is 13.1. The van der Waals surface area contributed by atoms with Crippen molar-refractivity contribution in [2.75, 3.05) is 13.1 Å². The van der Waals surface area contributed by atoms with Crippen LogP contribution in [0.4, 0.5) is 0 Å². The van der Waals surface area contributed by atoms with Gasteiger partial charge in [0.05, 0.1) is 0 Å². The van der Waals surface area contributed by atoms with Crippen LogP contribution in [0.2, 0.25) is 0 Å². The highest BCUT2D eigenvalue weighted by atomic mass is 32.1. The van der Waals surface area contributed by atoms with Crippen molar-refractivity contribution in [3.05, 3.63) is 113 Å². The van der Waals surface area contributed by atoms with Gasteiger partial charge in [-0.05, 0) is 102 Å². The molecule has 224 valence electrons. The zero-order valence-electron chi connectivity index (χ0n) is 27.1. The molecule has 3 atom stereocenters. The van der Waals surface area contributed by atoms with Crippen LogP contribution in [-0.4, -0.2) is 19.8 Å². The molecule has 0 aliphatic heterocycles. The summed E-state index contributed by atoms with van der Waals surface area (Å²) in [7, 11) is 0. The highest BCUT2D eigenvalue weighted by Gasteiger charge is 2.26. The average molecular weight is 581 g/mol. The highest BCUT2D eigenvalue weighted by Crippen LogP contribution is 2.41. The van der Waals surface area contributed by atoms with Gasteiger partial charge in [0.2, 0.25) is 6.71 Å². The van der Waals surface area contributed by atoms with Gasteiger partial charge in [-0.15, -0.1) is 17.3 Å². The van der Waals surface area contributed by atoms with Gasteiger partial charge in [-0.2, -0.15) is 0 Å². The highest BCUT2D eigenvalue weighted by molar-refractivity contribution is 7.19. The van der Waals surface area contributed by atoms with E-state index in [1.165, 1.54) is 64.3 Å². The third-order valence-corrected chi connectivity index (χ3v) is 9.79. The number of thiophene rings is 1. The molecule has 4 heteroatoms. The lowest BCUT2D eigenvalue weighted by atomic mass is 9.40. The number of nitrogens with one attached hydrogen (secondary N) is 2. The summed E-state index contributed by atoms with van der Waals surface area (Å²) < 4.78 is 1.39. The molecular formula is C38H53BN2S. The standard InChI is InChI=1S/C38H53BN2S/c1-10-13-15-28(6)32(12-3)16-14-19-39(33(24-40-20-11-2)25-41-23-31(9)27(4)5)37-26-42-38-22-35-30(8)18-17-29(7)34(35)21-36(37)38/h11-12,14,16,19-22,25-26,28-30,40-41H,3-4,9-10,13,15,17-18,23-24H2,1-2,5-8H3/b19-14+,20-11+,32-16+,33-25-. The fourth-order valence-corrected chi connectivity index (χ4v) is 6.87. The molecule has 1 aliphatic rings. The SMILES string of the molecule is C=C/C(=C\C=C\B(/C(=C\NCC(=C)C(=C)C)CN/C=C/C)c1csc2cc3c(cc12)C(C)CCC3C)C(C)CCCC. The number of rotatable bonds is 16. The minimum Gasteiger partial charge on any atom is -0.388 e. The van der Waals surface area contributed by atoms with Gasteiger partial charge in [-0.1, -0.05) is 107 Å². The zero-order chi connectivity index (χ0) is 30.6. The summed E-state index contributed by atoms with van der Waals surface area (Å²) in [6.07, 6.45) is 19.0. The quantitative estimate of drug-likeness (QED) is 0.153. The Balaban J connectivity index is 2.11. The summed E-state index contributed by atoms with van der Waals surface area (Å²) in [6.45, 7) is 27.3. The Labute approximate surface area is 261 Å². The van der Waals surface area contributed by atoms with Gasteiger partial charge in [0.25, 0.3) is 0 Å². The molecule has 0 radical (unpaired) electrons. The van der Waals surface area contributed by atoms with E-state index in [4.69, 9.17) is 0 Å². The van der Waals surface area contributed by atoms with Gasteiger partial charge in [-0.3, -0.25) is 0 Å². The minimum atomic E-state index is 0.115. The number of fused-ring (bicyclic) bond motifs is 2. The third-order valence-electron chi connectivity index (χ3n) is 8.82. The molecule has 0 amide bonds. The molecule has 2 N–H and O–H groups in total. The van der Waals surface area contributed by atoms with E-state index in [-0.39, 0.29) is 6.71 Å². The average Bonchev–Trinajstić information content (AvgIpc) is 3.39. The van der Waals surface area contributed by atoms with Crippen molar-refractivity contribution in [2.45, 2.75) is 85.5 Å². The predicted octanol–water partition coefficient (Wildman–Crippen LogP) is 9.91. The maximum absolute atomic E-state index is 4.18. The van der Waals surface area contributed by atoms with Crippen LogP contribution in [0.1, 0.15) is 96.6 Å². The van der Waals surface area contributed by atoms with Crippen molar-refractivity contribution in [2.24, 2.45) is 5.92 Å². The molecule has 1 heterocycles. The maximum atomic E-state index is 4.18. The molecular weight excluding hydrogens is 527 g/mol. The molecule has 1 aliphatic carbocycles. The van der Waals surface area contributed by atoms with Crippen molar-refractivity contribution in [3.8, 4) is 0 Å². The van der Waals surface area contributed by atoms with Crippen molar-refractivity contribution >= 4 is 33.6 Å². The van der Waals surface area contributed by atoms with Gasteiger partial charge in [0.1, 0.15) is 0 Å². The maximum Gasteiger partial charge on any atom is 0.235 e. The van der Waals surface area contributed by atoms with Crippen LogP contribution in [0.5, 0.6) is 0 Å². The summed E-state index contributed by atoms with van der Waals surface area (Å²) >= 11 is 1.88. The summed E-state index contributed by atoms with van der Waals surface area (Å²) in [5, 5.41) is 10.8. The molecule has 2 aromatic rings. The number of benzene rings is 1. The Bertz CT molecular complexity index is 1350. The first-order chi connectivity index (χ1) is 20.2. The summed E-state index contributed by atoms with van der Waals surface area (Å²) in [5.74, 6) is 4.11. The van der Waals surface area contributed by atoms with Crippen LogP contribution in [0.3, 0.4) is 0 Å². The first-order valence-electron chi connectivity index (χ1n) is 15.9. The van der Waals surface area contributed by atoms with Crippen LogP contribution in [-0.2, 0) is 0 Å². The van der Waals surface area contributed by atoms with E-state index in [9.17, 15) is 0 Å². The number of hydrogen-bond donors (Lipinski definition) is 2. The van der Waals surface area contributed by atoms with E-state index in [0.29, 0.717) is 24.3 Å². The fraction of sp³-hybridized carbons (Fsp3) is 0.421. The fourth-order valence-electron chi connectivity index (χ4n) is 5.85. The molecule has 42 heavy (non-hydrogen) atoms. The van der Waals surface area contributed by atoms with Crippen molar-refractivity contribution in [1.82, 2.24) is 10.6 Å². The second kappa shape index (κ2) is 16.6. The van der Waals surface area contributed by atoms with E-state index < -0.39 is 0 Å². The van der Waals surface area contributed by atoms with Crippen molar-refractivity contribution in [1.29, 1.82) is 0 Å². The van der Waals surface area contributed by atoms with Gasteiger partial charge in [-0.25, -0.2) is 0 Å². The van der Waals surface area contributed by atoms with Crippen LogP contribution in [0, 0.1) is 5.92 Å². The van der Waals surface area contributed by atoms with E-state index in [2.05, 4.69) is 99.9 Å². The van der Waals surface area contributed by atoms with Crippen LogP contribution in [0.15, 0.2) is 102 Å². The largest absolute Gasteiger partial charge is 0.388 e. The summed E-state index contributed by atoms with van der Waals surface area (Å²) in [4.78, 5) is 0. The molecule has 1 aromatic carbocycles. The van der Waals surface area contributed by atoms with Crippen LogP contribution >= 0.6 is 11.3 Å². The smallest absolute Gasteiger partial charge is 0.235 e. The number of allylic oxidation sites excluding steroid dienone is 5.